The summed E-state index contributed by atoms with van der Waals surface area (Å²) in [4.78, 5) is 0. The van der Waals surface area contributed by atoms with Gasteiger partial charge in [0.25, 0.3) is 0 Å². The monoisotopic (exact) mass is 278 g/mol. The molecule has 0 fully saturated rings. The molecule has 3 aromatic rings. The van der Waals surface area contributed by atoms with Gasteiger partial charge in [-0.05, 0) is 46.9 Å². The second kappa shape index (κ2) is 5.52. The summed E-state index contributed by atoms with van der Waals surface area (Å²) in [5, 5.41) is 0.784. The van der Waals surface area contributed by atoms with E-state index in [2.05, 4.69) is 61.5 Å². The fourth-order valence-electron chi connectivity index (χ4n) is 2.39. The fraction of sp³-hybridized carbons (Fsp3) is 0.0526. The lowest BCUT2D eigenvalue weighted by Gasteiger charge is -2.06. The highest BCUT2D eigenvalue weighted by molar-refractivity contribution is 6.30. The molecule has 0 amide bonds. The van der Waals surface area contributed by atoms with Crippen LogP contribution in [0, 0.1) is 6.92 Å². The van der Waals surface area contributed by atoms with Crippen LogP contribution < -0.4 is 0 Å². The number of rotatable bonds is 2. The highest BCUT2D eigenvalue weighted by atomic mass is 35.5. The largest absolute Gasteiger partial charge is 0.0843 e. The minimum atomic E-state index is 0.784. The molecular formula is C19H15Cl. The Kier molecular flexibility index (Phi) is 3.58. The molecule has 3 aromatic carbocycles. The Morgan fingerprint density at radius 2 is 1.15 bits per heavy atom. The van der Waals surface area contributed by atoms with Crippen LogP contribution in [-0.2, 0) is 0 Å². The Morgan fingerprint density at radius 1 is 0.600 bits per heavy atom. The van der Waals surface area contributed by atoms with Crippen LogP contribution in [0.25, 0.3) is 22.3 Å². The average molecular weight is 279 g/mol. The maximum atomic E-state index is 6.13. The number of halogens is 1. The standard InChI is InChI=1S/C19H15Cl/c1-14-11-18(13-19(20)12-14)17-9-7-16(8-10-17)15-5-3-2-4-6-15/h2-13H,1H3. The third kappa shape index (κ3) is 2.76. The van der Waals surface area contributed by atoms with E-state index in [0.29, 0.717) is 0 Å². The summed E-state index contributed by atoms with van der Waals surface area (Å²) in [7, 11) is 0. The SMILES string of the molecule is Cc1cc(Cl)cc(-c2ccc(-c3ccccc3)cc2)c1. The van der Waals surface area contributed by atoms with Crippen molar-refractivity contribution >= 4 is 11.6 Å². The van der Waals surface area contributed by atoms with E-state index < -0.39 is 0 Å². The summed E-state index contributed by atoms with van der Waals surface area (Å²) < 4.78 is 0. The summed E-state index contributed by atoms with van der Waals surface area (Å²) in [6.45, 7) is 2.06. The van der Waals surface area contributed by atoms with Crippen LogP contribution in [0.3, 0.4) is 0 Å². The van der Waals surface area contributed by atoms with E-state index in [9.17, 15) is 0 Å². The van der Waals surface area contributed by atoms with Crippen molar-refractivity contribution in [2.75, 3.05) is 0 Å². The lowest BCUT2D eigenvalue weighted by atomic mass is 9.99. The molecular weight excluding hydrogens is 264 g/mol. The van der Waals surface area contributed by atoms with Crippen LogP contribution in [0.2, 0.25) is 5.02 Å². The first-order valence-corrected chi connectivity index (χ1v) is 7.03. The molecule has 0 saturated heterocycles. The molecule has 0 aliphatic carbocycles. The van der Waals surface area contributed by atoms with Gasteiger partial charge in [-0.2, -0.15) is 0 Å². The molecule has 0 atom stereocenters. The molecule has 0 aliphatic rings. The van der Waals surface area contributed by atoms with Crippen molar-refractivity contribution in [3.8, 4) is 22.3 Å². The van der Waals surface area contributed by atoms with Gasteiger partial charge in [-0.3, -0.25) is 0 Å². The Balaban J connectivity index is 1.97. The summed E-state index contributed by atoms with van der Waals surface area (Å²) in [5.74, 6) is 0. The van der Waals surface area contributed by atoms with Gasteiger partial charge in [0, 0.05) is 5.02 Å². The van der Waals surface area contributed by atoms with E-state index in [-0.39, 0.29) is 0 Å². The minimum absolute atomic E-state index is 0.784. The zero-order valence-electron chi connectivity index (χ0n) is 11.3. The average Bonchev–Trinajstić information content (AvgIpc) is 2.47. The molecule has 1 heteroatoms. The van der Waals surface area contributed by atoms with Crippen molar-refractivity contribution in [3.05, 3.63) is 83.4 Å². The number of aryl methyl sites for hydroxylation is 1. The molecule has 0 aromatic heterocycles. The quantitative estimate of drug-likeness (QED) is 0.541. The second-order valence-electron chi connectivity index (χ2n) is 4.96. The van der Waals surface area contributed by atoms with E-state index in [0.717, 1.165) is 10.6 Å². The third-order valence-electron chi connectivity index (χ3n) is 3.37. The summed E-state index contributed by atoms with van der Waals surface area (Å²) in [6, 6.07) is 25.1. The number of hydrogen-bond acceptors (Lipinski definition) is 0. The van der Waals surface area contributed by atoms with Gasteiger partial charge in [-0.15, -0.1) is 0 Å². The predicted molar refractivity (Wildman–Crippen MR) is 87.1 cm³/mol. The van der Waals surface area contributed by atoms with Crippen molar-refractivity contribution in [2.45, 2.75) is 6.92 Å². The first-order valence-electron chi connectivity index (χ1n) is 6.65. The van der Waals surface area contributed by atoms with Gasteiger partial charge >= 0.3 is 0 Å². The zero-order chi connectivity index (χ0) is 13.9. The van der Waals surface area contributed by atoms with Crippen molar-refractivity contribution in [1.82, 2.24) is 0 Å². The Bertz CT molecular complexity index is 692. The topological polar surface area (TPSA) is 0 Å². The first kappa shape index (κ1) is 13.0. The summed E-state index contributed by atoms with van der Waals surface area (Å²) in [5.41, 5.74) is 6.00. The van der Waals surface area contributed by atoms with Crippen LogP contribution in [-0.4, -0.2) is 0 Å². The van der Waals surface area contributed by atoms with Crippen LogP contribution in [0.4, 0.5) is 0 Å². The van der Waals surface area contributed by atoms with Gasteiger partial charge < -0.3 is 0 Å². The maximum absolute atomic E-state index is 6.13. The van der Waals surface area contributed by atoms with E-state index in [4.69, 9.17) is 11.6 Å². The normalized spacial score (nSPS) is 10.5. The van der Waals surface area contributed by atoms with E-state index >= 15 is 0 Å². The molecule has 0 nitrogen and oxygen atoms in total. The Hall–Kier alpha value is -2.05. The van der Waals surface area contributed by atoms with Crippen LogP contribution in [0.5, 0.6) is 0 Å². The molecule has 20 heavy (non-hydrogen) atoms. The zero-order valence-corrected chi connectivity index (χ0v) is 12.1. The van der Waals surface area contributed by atoms with Gasteiger partial charge in [-0.25, -0.2) is 0 Å². The first-order chi connectivity index (χ1) is 9.72. The lowest BCUT2D eigenvalue weighted by molar-refractivity contribution is 1.46. The van der Waals surface area contributed by atoms with Crippen molar-refractivity contribution in [3.63, 3.8) is 0 Å². The van der Waals surface area contributed by atoms with Crippen molar-refractivity contribution in [1.29, 1.82) is 0 Å². The second-order valence-corrected chi connectivity index (χ2v) is 5.40. The van der Waals surface area contributed by atoms with E-state index in [1.807, 2.05) is 18.2 Å². The minimum Gasteiger partial charge on any atom is -0.0843 e. The van der Waals surface area contributed by atoms with E-state index in [1.165, 1.54) is 22.3 Å². The molecule has 0 spiro atoms. The molecule has 0 radical (unpaired) electrons. The summed E-state index contributed by atoms with van der Waals surface area (Å²) in [6.07, 6.45) is 0. The van der Waals surface area contributed by atoms with Crippen LogP contribution in [0.1, 0.15) is 5.56 Å². The Morgan fingerprint density at radius 3 is 1.75 bits per heavy atom. The maximum Gasteiger partial charge on any atom is 0.0414 e. The number of hydrogen-bond donors (Lipinski definition) is 0. The molecule has 0 heterocycles. The molecule has 98 valence electrons. The molecule has 3 rings (SSSR count). The van der Waals surface area contributed by atoms with Crippen molar-refractivity contribution < 1.29 is 0 Å². The smallest absolute Gasteiger partial charge is 0.0414 e. The summed E-state index contributed by atoms with van der Waals surface area (Å²) >= 11 is 6.13. The van der Waals surface area contributed by atoms with Gasteiger partial charge in [-0.1, -0.05) is 72.3 Å². The van der Waals surface area contributed by atoms with Crippen molar-refractivity contribution in [2.24, 2.45) is 0 Å². The van der Waals surface area contributed by atoms with E-state index in [1.54, 1.807) is 0 Å². The molecule has 0 aliphatic heterocycles. The molecule has 0 unspecified atom stereocenters. The molecule has 0 saturated carbocycles. The van der Waals surface area contributed by atoms with Gasteiger partial charge in [0.1, 0.15) is 0 Å². The molecule has 0 bridgehead atoms. The third-order valence-corrected chi connectivity index (χ3v) is 3.59. The fourth-order valence-corrected chi connectivity index (χ4v) is 2.68. The Labute approximate surface area is 124 Å². The van der Waals surface area contributed by atoms with Crippen LogP contribution >= 0.6 is 11.6 Å². The number of benzene rings is 3. The molecule has 0 N–H and O–H groups in total. The van der Waals surface area contributed by atoms with Gasteiger partial charge in [0.2, 0.25) is 0 Å². The van der Waals surface area contributed by atoms with Gasteiger partial charge in [0.05, 0.1) is 0 Å². The lowest BCUT2D eigenvalue weighted by Crippen LogP contribution is -1.82. The predicted octanol–water partition coefficient (Wildman–Crippen LogP) is 5.98. The van der Waals surface area contributed by atoms with Crippen LogP contribution in [0.15, 0.2) is 72.8 Å². The highest BCUT2D eigenvalue weighted by Crippen LogP contribution is 2.27. The van der Waals surface area contributed by atoms with Gasteiger partial charge in [0.15, 0.2) is 0 Å². The highest BCUT2D eigenvalue weighted by Gasteiger charge is 2.02.